The minimum Gasteiger partial charge on any atom is -0.507 e. The number of aromatic hydroxyl groups is 1. The third kappa shape index (κ3) is 4.70. The van der Waals surface area contributed by atoms with E-state index in [1.165, 1.54) is 0 Å². The smallest absolute Gasteiger partial charge is 0.410 e. The Hall–Kier alpha value is -3.03. The van der Waals surface area contributed by atoms with Crippen LogP contribution in [0.3, 0.4) is 0 Å². The number of likely N-dealkylation sites (tertiary alicyclic amines) is 1. The highest BCUT2D eigenvalue weighted by molar-refractivity contribution is 5.95. The number of hydrogen-bond acceptors (Lipinski definition) is 5. The lowest BCUT2D eigenvalue weighted by atomic mass is 9.92. The molecule has 0 saturated carbocycles. The van der Waals surface area contributed by atoms with Crippen molar-refractivity contribution in [1.82, 2.24) is 14.7 Å². The van der Waals surface area contributed by atoms with E-state index in [1.807, 2.05) is 50.7 Å². The maximum absolute atomic E-state index is 12.3. The molecule has 2 aliphatic rings. The minimum atomic E-state index is -0.499. The van der Waals surface area contributed by atoms with E-state index in [0.717, 1.165) is 48.1 Å². The number of fused-ring (bicyclic) bond motifs is 1. The predicted octanol–water partition coefficient (Wildman–Crippen LogP) is 4.52. The van der Waals surface area contributed by atoms with Crippen LogP contribution in [0.25, 0.3) is 11.1 Å². The van der Waals surface area contributed by atoms with Gasteiger partial charge in [-0.25, -0.2) is 4.79 Å². The molecule has 1 saturated heterocycles. The van der Waals surface area contributed by atoms with Crippen LogP contribution in [-0.2, 0) is 16.0 Å². The van der Waals surface area contributed by atoms with Crippen molar-refractivity contribution < 1.29 is 19.4 Å². The molecule has 1 aromatic heterocycles. The van der Waals surface area contributed by atoms with Crippen LogP contribution in [0.15, 0.2) is 24.5 Å². The average molecular weight is 455 g/mol. The molecule has 0 radical (unpaired) electrons. The summed E-state index contributed by atoms with van der Waals surface area (Å²) in [7, 11) is 0. The fraction of sp³-hybridized carbons (Fsp3) is 0.560. The predicted molar refractivity (Wildman–Crippen MR) is 126 cm³/mol. The second kappa shape index (κ2) is 8.72. The number of carbonyl (C=O) groups is 2. The van der Waals surface area contributed by atoms with Gasteiger partial charge in [-0.05, 0) is 65.5 Å². The summed E-state index contributed by atoms with van der Waals surface area (Å²) in [5.74, 6) is 0.214. The summed E-state index contributed by atoms with van der Waals surface area (Å²) in [6.07, 6.45) is 6.61. The Morgan fingerprint density at radius 2 is 1.85 bits per heavy atom. The van der Waals surface area contributed by atoms with Crippen LogP contribution in [0.5, 0.6) is 5.75 Å². The van der Waals surface area contributed by atoms with Gasteiger partial charge in [0.15, 0.2) is 0 Å². The molecule has 8 heteroatoms. The fourth-order valence-electron chi connectivity index (χ4n) is 4.85. The molecule has 0 spiro atoms. The zero-order chi connectivity index (χ0) is 23.9. The summed E-state index contributed by atoms with van der Waals surface area (Å²) in [5.41, 5.74) is 2.69. The molecular weight excluding hydrogens is 420 g/mol. The van der Waals surface area contributed by atoms with Gasteiger partial charge < -0.3 is 19.6 Å². The first kappa shape index (κ1) is 23.1. The van der Waals surface area contributed by atoms with Crippen LogP contribution in [-0.4, -0.2) is 56.5 Å². The van der Waals surface area contributed by atoms with Crippen LogP contribution in [0, 0.1) is 0 Å². The first-order chi connectivity index (χ1) is 15.5. The summed E-state index contributed by atoms with van der Waals surface area (Å²) < 4.78 is 7.41. The van der Waals surface area contributed by atoms with E-state index < -0.39 is 5.60 Å². The Labute approximate surface area is 195 Å². The molecule has 2 amide bonds. The number of nitrogens with zero attached hydrogens (tertiary/aromatic N) is 4. The van der Waals surface area contributed by atoms with E-state index >= 15 is 0 Å². The van der Waals surface area contributed by atoms with E-state index in [2.05, 4.69) is 5.10 Å². The lowest BCUT2D eigenvalue weighted by Gasteiger charge is -2.35. The quantitative estimate of drug-likeness (QED) is 0.721. The minimum absolute atomic E-state index is 0.0128. The number of phenols is 1. The van der Waals surface area contributed by atoms with Crippen molar-refractivity contribution in [2.75, 3.05) is 18.0 Å². The van der Waals surface area contributed by atoms with Gasteiger partial charge in [0.1, 0.15) is 11.4 Å². The van der Waals surface area contributed by atoms with Crippen molar-refractivity contribution >= 4 is 17.7 Å². The van der Waals surface area contributed by atoms with Gasteiger partial charge in [0.05, 0.1) is 17.9 Å². The van der Waals surface area contributed by atoms with Gasteiger partial charge in [0.25, 0.3) is 0 Å². The van der Waals surface area contributed by atoms with Crippen LogP contribution < -0.4 is 4.90 Å². The summed E-state index contributed by atoms with van der Waals surface area (Å²) in [6, 6.07) is 4.10. The summed E-state index contributed by atoms with van der Waals surface area (Å²) in [5, 5.41) is 15.6. The van der Waals surface area contributed by atoms with Crippen LogP contribution in [0.4, 0.5) is 10.5 Å². The number of aromatic nitrogens is 2. The molecule has 2 aromatic rings. The molecule has 2 aliphatic heterocycles. The highest BCUT2D eigenvalue weighted by atomic mass is 16.6. The number of carbonyl (C=O) groups excluding carboxylic acids is 2. The lowest BCUT2D eigenvalue weighted by Crippen LogP contribution is -2.42. The Balaban J connectivity index is 1.49. The summed E-state index contributed by atoms with van der Waals surface area (Å²) in [6.45, 7) is 10.5. The molecule has 0 bridgehead atoms. The van der Waals surface area contributed by atoms with Crippen molar-refractivity contribution in [1.29, 1.82) is 0 Å². The van der Waals surface area contributed by atoms with Gasteiger partial charge in [0, 0.05) is 48.9 Å². The van der Waals surface area contributed by atoms with E-state index in [4.69, 9.17) is 4.74 Å². The van der Waals surface area contributed by atoms with Gasteiger partial charge in [-0.2, -0.15) is 5.10 Å². The SMILES string of the molecule is CC(=O)N1c2ccc(-c3cnn(C4CCN(C(=O)OC(C)(C)C)CC4)c3)c(O)c2CC[C@@H]1C. The average Bonchev–Trinajstić information content (AvgIpc) is 3.22. The number of phenolic OH excluding ortho intramolecular Hbond substituents is 1. The van der Waals surface area contributed by atoms with Gasteiger partial charge in [-0.15, -0.1) is 0 Å². The lowest BCUT2D eigenvalue weighted by molar-refractivity contribution is -0.117. The molecule has 8 nitrogen and oxygen atoms in total. The second-order valence-corrected chi connectivity index (χ2v) is 10.1. The number of anilines is 1. The second-order valence-electron chi connectivity index (χ2n) is 10.1. The zero-order valence-corrected chi connectivity index (χ0v) is 20.2. The number of ether oxygens (including phenoxy) is 1. The van der Waals surface area contributed by atoms with E-state index in [1.54, 1.807) is 22.9 Å². The Kier molecular flexibility index (Phi) is 6.12. The largest absolute Gasteiger partial charge is 0.507 e. The van der Waals surface area contributed by atoms with Crippen molar-refractivity contribution in [2.24, 2.45) is 0 Å². The number of rotatable bonds is 2. The van der Waals surface area contributed by atoms with Crippen LogP contribution >= 0.6 is 0 Å². The van der Waals surface area contributed by atoms with Gasteiger partial charge >= 0.3 is 6.09 Å². The molecule has 178 valence electrons. The van der Waals surface area contributed by atoms with Crippen molar-refractivity contribution in [3.63, 3.8) is 0 Å². The molecule has 1 N–H and O–H groups in total. The fourth-order valence-corrected chi connectivity index (χ4v) is 4.85. The molecule has 1 aromatic carbocycles. The third-order valence-corrected chi connectivity index (χ3v) is 6.51. The number of amides is 2. The van der Waals surface area contributed by atoms with Crippen LogP contribution in [0.1, 0.15) is 65.5 Å². The van der Waals surface area contributed by atoms with Crippen molar-refractivity contribution in [2.45, 2.75) is 78.0 Å². The van der Waals surface area contributed by atoms with Gasteiger partial charge in [0.2, 0.25) is 5.91 Å². The zero-order valence-electron chi connectivity index (χ0n) is 20.2. The Morgan fingerprint density at radius 3 is 2.48 bits per heavy atom. The maximum Gasteiger partial charge on any atom is 0.410 e. The molecule has 3 heterocycles. The molecule has 33 heavy (non-hydrogen) atoms. The topological polar surface area (TPSA) is 87.9 Å². The van der Waals surface area contributed by atoms with E-state index in [-0.39, 0.29) is 29.8 Å². The number of piperidine rings is 1. The van der Waals surface area contributed by atoms with E-state index in [0.29, 0.717) is 13.1 Å². The first-order valence-electron chi connectivity index (χ1n) is 11.7. The van der Waals surface area contributed by atoms with Gasteiger partial charge in [-0.3, -0.25) is 9.48 Å². The number of benzene rings is 1. The Morgan fingerprint density at radius 1 is 1.15 bits per heavy atom. The monoisotopic (exact) mass is 454 g/mol. The molecular formula is C25H34N4O4. The molecule has 0 aliphatic carbocycles. The molecule has 0 unspecified atom stereocenters. The van der Waals surface area contributed by atoms with Gasteiger partial charge in [-0.1, -0.05) is 0 Å². The van der Waals surface area contributed by atoms with Crippen LogP contribution in [0.2, 0.25) is 0 Å². The van der Waals surface area contributed by atoms with E-state index in [9.17, 15) is 14.7 Å². The summed E-state index contributed by atoms with van der Waals surface area (Å²) in [4.78, 5) is 28.0. The highest BCUT2D eigenvalue weighted by Gasteiger charge is 2.30. The van der Waals surface area contributed by atoms with Crippen molar-refractivity contribution in [3.8, 4) is 16.9 Å². The summed E-state index contributed by atoms with van der Waals surface area (Å²) >= 11 is 0. The highest BCUT2D eigenvalue weighted by Crippen LogP contribution is 2.42. The Bertz CT molecular complexity index is 1050. The molecule has 1 atom stereocenters. The normalized spacial score (nSPS) is 19.4. The maximum atomic E-state index is 12.3. The standard InChI is InChI=1S/C25H34N4O4/c1-16-6-7-21-22(29(16)17(2)30)9-8-20(23(21)31)18-14-26-28(15-18)19-10-12-27(13-11-19)24(32)33-25(3,4)5/h8-9,14-16,19,31H,6-7,10-13H2,1-5H3/t16-/m0/s1. The molecule has 4 rings (SSSR count). The molecule has 1 fully saturated rings. The number of hydrogen-bond donors (Lipinski definition) is 1. The van der Waals surface area contributed by atoms with Crippen molar-refractivity contribution in [3.05, 3.63) is 30.1 Å². The first-order valence-corrected chi connectivity index (χ1v) is 11.7. The third-order valence-electron chi connectivity index (χ3n) is 6.51.